The molecular weight excluding hydrogens is 505 g/mol. The topological polar surface area (TPSA) is 84.7 Å². The van der Waals surface area contributed by atoms with Crippen molar-refractivity contribution in [3.05, 3.63) is 114 Å². The average molecular weight is 529 g/mol. The van der Waals surface area contributed by atoms with Gasteiger partial charge in [0.15, 0.2) is 0 Å². The molecule has 0 unspecified atom stereocenters. The van der Waals surface area contributed by atoms with Crippen LogP contribution in [-0.2, 0) is 6.18 Å². The third-order valence-corrected chi connectivity index (χ3v) is 6.16. The summed E-state index contributed by atoms with van der Waals surface area (Å²) in [5, 5.41) is 5.81. The van der Waals surface area contributed by atoms with Crippen LogP contribution in [-0.4, -0.2) is 25.4 Å². The van der Waals surface area contributed by atoms with E-state index in [0.717, 1.165) is 22.8 Å². The van der Waals surface area contributed by atoms with Crippen LogP contribution in [0, 0.1) is 13.8 Å². The summed E-state index contributed by atoms with van der Waals surface area (Å²) in [7, 11) is 0. The third kappa shape index (κ3) is 5.64. The SMILES string of the molecule is Cc1ccc(C(=O)Nc2ccc(-n3cncc3C)c(C(F)(F)F)c2)cc1Nc1cc(-c2cccnc2)ccn1. The van der Waals surface area contributed by atoms with Crippen LogP contribution in [0.1, 0.15) is 27.2 Å². The van der Waals surface area contributed by atoms with Gasteiger partial charge < -0.3 is 15.2 Å². The Balaban J connectivity index is 1.39. The van der Waals surface area contributed by atoms with Gasteiger partial charge in [0.2, 0.25) is 0 Å². The van der Waals surface area contributed by atoms with E-state index in [4.69, 9.17) is 0 Å². The minimum absolute atomic E-state index is 0.0229. The summed E-state index contributed by atoms with van der Waals surface area (Å²) < 4.78 is 43.0. The van der Waals surface area contributed by atoms with E-state index in [-0.39, 0.29) is 16.9 Å². The summed E-state index contributed by atoms with van der Waals surface area (Å²) in [6, 6.07) is 16.2. The highest BCUT2D eigenvalue weighted by molar-refractivity contribution is 6.05. The Bertz CT molecular complexity index is 1650. The Labute approximate surface area is 222 Å². The van der Waals surface area contributed by atoms with Crippen molar-refractivity contribution in [2.24, 2.45) is 0 Å². The lowest BCUT2D eigenvalue weighted by molar-refractivity contribution is -0.137. The van der Waals surface area contributed by atoms with Crippen molar-refractivity contribution in [2.45, 2.75) is 20.0 Å². The van der Waals surface area contributed by atoms with Crippen LogP contribution >= 0.6 is 0 Å². The average Bonchev–Trinajstić information content (AvgIpc) is 3.35. The molecule has 2 N–H and O–H groups in total. The standard InChI is InChI=1S/C29H23F3N6O/c1-18-5-6-21(12-25(18)37-27-13-20(9-11-35-27)22-4-3-10-33-16-22)28(39)36-23-7-8-26(24(14-23)29(30,31)32)38-17-34-15-19(38)2/h3-17H,1-2H3,(H,35,37)(H,36,39). The first kappa shape index (κ1) is 25.7. The highest BCUT2D eigenvalue weighted by atomic mass is 19.4. The van der Waals surface area contributed by atoms with Crippen LogP contribution in [0.25, 0.3) is 16.8 Å². The fraction of sp³-hybridized carbons (Fsp3) is 0.103. The van der Waals surface area contributed by atoms with Gasteiger partial charge in [-0.2, -0.15) is 13.2 Å². The molecule has 0 saturated heterocycles. The van der Waals surface area contributed by atoms with Gasteiger partial charge in [0, 0.05) is 53.0 Å². The van der Waals surface area contributed by atoms with Crippen LogP contribution in [0.3, 0.4) is 0 Å². The molecule has 0 spiro atoms. The first-order valence-electron chi connectivity index (χ1n) is 11.9. The molecule has 0 aliphatic heterocycles. The van der Waals surface area contributed by atoms with Crippen LogP contribution < -0.4 is 10.6 Å². The second-order valence-electron chi connectivity index (χ2n) is 8.91. The Morgan fingerprint density at radius 3 is 2.46 bits per heavy atom. The molecule has 5 aromatic rings. The van der Waals surface area contributed by atoms with E-state index in [0.29, 0.717) is 17.2 Å². The summed E-state index contributed by atoms with van der Waals surface area (Å²) in [6.45, 7) is 3.54. The van der Waals surface area contributed by atoms with Gasteiger partial charge in [-0.05, 0) is 73.5 Å². The maximum Gasteiger partial charge on any atom is 0.418 e. The maximum atomic E-state index is 13.9. The third-order valence-electron chi connectivity index (χ3n) is 6.16. The zero-order valence-electron chi connectivity index (χ0n) is 21.0. The number of aryl methyl sites for hydroxylation is 2. The number of anilines is 3. The number of amides is 1. The summed E-state index contributed by atoms with van der Waals surface area (Å²) in [6.07, 6.45) is 3.28. The van der Waals surface area contributed by atoms with E-state index < -0.39 is 17.6 Å². The molecule has 196 valence electrons. The van der Waals surface area contributed by atoms with Crippen molar-refractivity contribution in [2.75, 3.05) is 10.6 Å². The summed E-state index contributed by atoms with van der Waals surface area (Å²) in [5.41, 5.74) is 3.24. The van der Waals surface area contributed by atoms with Gasteiger partial charge in [-0.1, -0.05) is 12.1 Å². The minimum atomic E-state index is -4.63. The normalized spacial score (nSPS) is 11.3. The first-order valence-corrected chi connectivity index (χ1v) is 11.9. The predicted molar refractivity (Wildman–Crippen MR) is 143 cm³/mol. The van der Waals surface area contributed by atoms with Crippen LogP contribution in [0.2, 0.25) is 0 Å². The van der Waals surface area contributed by atoms with Gasteiger partial charge in [-0.25, -0.2) is 9.97 Å². The molecule has 39 heavy (non-hydrogen) atoms. The van der Waals surface area contributed by atoms with Gasteiger partial charge in [-0.15, -0.1) is 0 Å². The largest absolute Gasteiger partial charge is 0.418 e. The molecule has 5 rings (SSSR count). The lowest BCUT2D eigenvalue weighted by Crippen LogP contribution is -2.15. The van der Waals surface area contributed by atoms with E-state index in [1.165, 1.54) is 29.2 Å². The van der Waals surface area contributed by atoms with Crippen molar-refractivity contribution in [1.82, 2.24) is 19.5 Å². The molecule has 0 radical (unpaired) electrons. The van der Waals surface area contributed by atoms with Crippen molar-refractivity contribution >= 4 is 23.1 Å². The first-order chi connectivity index (χ1) is 18.7. The zero-order valence-corrected chi connectivity index (χ0v) is 21.0. The molecule has 0 aliphatic carbocycles. The smallest absolute Gasteiger partial charge is 0.340 e. The van der Waals surface area contributed by atoms with E-state index in [1.807, 2.05) is 31.2 Å². The minimum Gasteiger partial charge on any atom is -0.340 e. The molecule has 2 aromatic carbocycles. The number of benzene rings is 2. The molecule has 0 saturated carbocycles. The van der Waals surface area contributed by atoms with Gasteiger partial charge in [0.1, 0.15) is 5.82 Å². The van der Waals surface area contributed by atoms with E-state index in [1.54, 1.807) is 43.7 Å². The zero-order chi connectivity index (χ0) is 27.6. The molecular formula is C29H23F3N6O. The van der Waals surface area contributed by atoms with E-state index in [9.17, 15) is 18.0 Å². The molecule has 0 atom stereocenters. The van der Waals surface area contributed by atoms with Gasteiger partial charge in [0.25, 0.3) is 5.91 Å². The maximum absolute atomic E-state index is 13.9. The Kier molecular flexibility index (Phi) is 6.84. The lowest BCUT2D eigenvalue weighted by Gasteiger charge is -2.17. The van der Waals surface area contributed by atoms with Crippen LogP contribution in [0.15, 0.2) is 91.8 Å². The number of rotatable bonds is 6. The molecule has 0 fully saturated rings. The number of halogens is 3. The molecule has 0 aliphatic rings. The molecule has 10 heteroatoms. The van der Waals surface area contributed by atoms with Gasteiger partial charge >= 0.3 is 6.18 Å². The number of aromatic nitrogens is 4. The van der Waals surface area contributed by atoms with Gasteiger partial charge in [0.05, 0.1) is 17.6 Å². The van der Waals surface area contributed by atoms with Crippen molar-refractivity contribution < 1.29 is 18.0 Å². The number of nitrogens with zero attached hydrogens (tertiary/aromatic N) is 4. The second-order valence-corrected chi connectivity index (χ2v) is 8.91. The summed E-state index contributed by atoms with van der Waals surface area (Å²) >= 11 is 0. The molecule has 1 amide bonds. The number of hydrogen-bond donors (Lipinski definition) is 2. The van der Waals surface area contributed by atoms with Crippen LogP contribution in [0.5, 0.6) is 0 Å². The fourth-order valence-electron chi connectivity index (χ4n) is 4.12. The quantitative estimate of drug-likeness (QED) is 0.249. The van der Waals surface area contributed by atoms with E-state index in [2.05, 4.69) is 25.6 Å². The number of nitrogens with one attached hydrogen (secondary N) is 2. The van der Waals surface area contributed by atoms with Crippen molar-refractivity contribution in [1.29, 1.82) is 0 Å². The number of alkyl halides is 3. The molecule has 3 aromatic heterocycles. The monoisotopic (exact) mass is 528 g/mol. The summed E-state index contributed by atoms with van der Waals surface area (Å²) in [4.78, 5) is 25.5. The van der Waals surface area contributed by atoms with Crippen LogP contribution in [0.4, 0.5) is 30.4 Å². The predicted octanol–water partition coefficient (Wildman–Crippen LogP) is 6.96. The van der Waals surface area contributed by atoms with E-state index >= 15 is 0 Å². The Morgan fingerprint density at radius 2 is 1.74 bits per heavy atom. The number of carbonyl (C=O) groups excluding carboxylic acids is 1. The lowest BCUT2D eigenvalue weighted by atomic mass is 10.1. The highest BCUT2D eigenvalue weighted by Crippen LogP contribution is 2.36. The Morgan fingerprint density at radius 1 is 0.897 bits per heavy atom. The second kappa shape index (κ2) is 10.4. The molecule has 7 nitrogen and oxygen atoms in total. The number of hydrogen-bond acceptors (Lipinski definition) is 5. The Hall–Kier alpha value is -4.99. The fourth-order valence-corrected chi connectivity index (χ4v) is 4.12. The number of imidazole rings is 1. The number of carbonyl (C=O) groups is 1. The molecule has 3 heterocycles. The van der Waals surface area contributed by atoms with Crippen molar-refractivity contribution in [3.8, 4) is 16.8 Å². The molecule has 0 bridgehead atoms. The van der Waals surface area contributed by atoms with Crippen molar-refractivity contribution in [3.63, 3.8) is 0 Å². The van der Waals surface area contributed by atoms with Gasteiger partial charge in [-0.3, -0.25) is 9.78 Å². The summed E-state index contributed by atoms with van der Waals surface area (Å²) in [5.74, 6) is 0.0204. The highest BCUT2D eigenvalue weighted by Gasteiger charge is 2.34. The number of pyridine rings is 2.